The Hall–Kier alpha value is -0.0400. The van der Waals surface area contributed by atoms with Gasteiger partial charge in [0.05, 0.1) is 0 Å². The van der Waals surface area contributed by atoms with Gasteiger partial charge in [-0.1, -0.05) is 39.0 Å². The van der Waals surface area contributed by atoms with Crippen molar-refractivity contribution in [3.8, 4) is 0 Å². The minimum atomic E-state index is 0.767. The maximum atomic E-state index is 5.44. The molecule has 1 fully saturated rings. The molecule has 0 radical (unpaired) electrons. The van der Waals surface area contributed by atoms with Crippen LogP contribution in [0.3, 0.4) is 0 Å². The highest BCUT2D eigenvalue weighted by atomic mass is 16.5. The lowest BCUT2D eigenvalue weighted by molar-refractivity contribution is 0.103. The molecule has 1 heteroatoms. The van der Waals surface area contributed by atoms with Gasteiger partial charge in [0.2, 0.25) is 0 Å². The van der Waals surface area contributed by atoms with Crippen molar-refractivity contribution in [1.82, 2.24) is 0 Å². The first kappa shape index (κ1) is 11.0. The quantitative estimate of drug-likeness (QED) is 0.634. The van der Waals surface area contributed by atoms with Gasteiger partial charge in [0.1, 0.15) is 0 Å². The van der Waals surface area contributed by atoms with Crippen LogP contribution in [-0.4, -0.2) is 13.2 Å². The highest BCUT2D eigenvalue weighted by Gasteiger charge is 2.16. The van der Waals surface area contributed by atoms with E-state index >= 15 is 0 Å². The molecule has 78 valence electrons. The molecular weight excluding hydrogens is 160 g/mol. The normalized spacial score (nSPS) is 21.7. The second-order valence-corrected chi connectivity index (χ2v) is 4.50. The third-order valence-corrected chi connectivity index (χ3v) is 3.07. The van der Waals surface area contributed by atoms with E-state index in [2.05, 4.69) is 13.8 Å². The Kier molecular flexibility index (Phi) is 5.45. The molecule has 1 rings (SSSR count). The fraction of sp³-hybridized carbons (Fsp3) is 1.00. The van der Waals surface area contributed by atoms with Gasteiger partial charge in [-0.05, 0) is 25.2 Å². The SMILES string of the molecule is CCOC[C@@H](C)CC1CCCCC1. The maximum Gasteiger partial charge on any atom is 0.0491 e. The molecule has 1 aliphatic carbocycles. The standard InChI is InChI=1S/C12H24O/c1-3-13-10-11(2)9-12-7-5-4-6-8-12/h11-12H,3-10H2,1-2H3/t11-/m0/s1. The van der Waals surface area contributed by atoms with Gasteiger partial charge in [-0.2, -0.15) is 0 Å². The molecule has 0 heterocycles. The lowest BCUT2D eigenvalue weighted by atomic mass is 9.83. The first-order valence-electron chi connectivity index (χ1n) is 5.90. The van der Waals surface area contributed by atoms with Crippen molar-refractivity contribution >= 4 is 0 Å². The molecule has 1 atom stereocenters. The Balaban J connectivity index is 2.07. The molecule has 1 nitrogen and oxygen atoms in total. The molecule has 0 unspecified atom stereocenters. The number of hydrogen-bond donors (Lipinski definition) is 0. The van der Waals surface area contributed by atoms with Crippen LogP contribution in [-0.2, 0) is 4.74 Å². The van der Waals surface area contributed by atoms with Crippen molar-refractivity contribution in [2.24, 2.45) is 11.8 Å². The fourth-order valence-electron chi connectivity index (χ4n) is 2.38. The highest BCUT2D eigenvalue weighted by molar-refractivity contribution is 4.68. The largest absolute Gasteiger partial charge is 0.381 e. The number of rotatable bonds is 5. The molecule has 0 saturated heterocycles. The summed E-state index contributed by atoms with van der Waals surface area (Å²) in [5.74, 6) is 1.77. The second kappa shape index (κ2) is 6.42. The molecule has 0 spiro atoms. The molecule has 0 aromatic heterocycles. The van der Waals surface area contributed by atoms with Gasteiger partial charge in [0.15, 0.2) is 0 Å². The minimum absolute atomic E-state index is 0.767. The van der Waals surface area contributed by atoms with Crippen molar-refractivity contribution in [3.05, 3.63) is 0 Å². The summed E-state index contributed by atoms with van der Waals surface area (Å²) in [5.41, 5.74) is 0. The predicted molar refractivity (Wildman–Crippen MR) is 56.8 cm³/mol. The van der Waals surface area contributed by atoms with Gasteiger partial charge in [-0.25, -0.2) is 0 Å². The van der Waals surface area contributed by atoms with Crippen molar-refractivity contribution in [2.45, 2.75) is 52.4 Å². The molecule has 13 heavy (non-hydrogen) atoms. The Morgan fingerprint density at radius 3 is 2.54 bits per heavy atom. The topological polar surface area (TPSA) is 9.23 Å². The van der Waals surface area contributed by atoms with Crippen LogP contribution >= 0.6 is 0 Å². The van der Waals surface area contributed by atoms with Gasteiger partial charge < -0.3 is 4.74 Å². The lowest BCUT2D eigenvalue weighted by Crippen LogP contribution is -2.14. The van der Waals surface area contributed by atoms with Gasteiger partial charge >= 0.3 is 0 Å². The molecule has 1 aliphatic rings. The first-order chi connectivity index (χ1) is 6.33. The van der Waals surface area contributed by atoms with Gasteiger partial charge in [-0.15, -0.1) is 0 Å². The smallest absolute Gasteiger partial charge is 0.0491 e. The summed E-state index contributed by atoms with van der Waals surface area (Å²) in [6.07, 6.45) is 8.72. The summed E-state index contributed by atoms with van der Waals surface area (Å²) in [4.78, 5) is 0. The van der Waals surface area contributed by atoms with Gasteiger partial charge in [-0.3, -0.25) is 0 Å². The van der Waals surface area contributed by atoms with E-state index in [0.29, 0.717) is 0 Å². The Morgan fingerprint density at radius 1 is 1.23 bits per heavy atom. The minimum Gasteiger partial charge on any atom is -0.381 e. The molecule has 0 N–H and O–H groups in total. The molecule has 0 amide bonds. The van der Waals surface area contributed by atoms with Crippen LogP contribution in [0.2, 0.25) is 0 Å². The van der Waals surface area contributed by atoms with E-state index in [1.807, 2.05) is 0 Å². The second-order valence-electron chi connectivity index (χ2n) is 4.50. The monoisotopic (exact) mass is 184 g/mol. The molecule has 1 saturated carbocycles. The van der Waals surface area contributed by atoms with Gasteiger partial charge in [0.25, 0.3) is 0 Å². The maximum absolute atomic E-state index is 5.44. The van der Waals surface area contributed by atoms with Crippen LogP contribution in [0.15, 0.2) is 0 Å². The number of ether oxygens (including phenoxy) is 1. The zero-order valence-corrected chi connectivity index (χ0v) is 9.22. The zero-order chi connectivity index (χ0) is 9.52. The third kappa shape index (κ3) is 4.66. The van der Waals surface area contributed by atoms with E-state index in [-0.39, 0.29) is 0 Å². The highest BCUT2D eigenvalue weighted by Crippen LogP contribution is 2.28. The van der Waals surface area contributed by atoms with Crippen LogP contribution in [0.4, 0.5) is 0 Å². The van der Waals surface area contributed by atoms with E-state index < -0.39 is 0 Å². The Morgan fingerprint density at radius 2 is 1.92 bits per heavy atom. The van der Waals surface area contributed by atoms with Crippen molar-refractivity contribution in [2.75, 3.05) is 13.2 Å². The van der Waals surface area contributed by atoms with E-state index in [4.69, 9.17) is 4.74 Å². The Labute approximate surface area is 82.9 Å². The van der Waals surface area contributed by atoms with E-state index in [1.54, 1.807) is 0 Å². The van der Waals surface area contributed by atoms with E-state index in [9.17, 15) is 0 Å². The summed E-state index contributed by atoms with van der Waals surface area (Å²) in [5, 5.41) is 0. The average molecular weight is 184 g/mol. The van der Waals surface area contributed by atoms with E-state index in [1.165, 1.54) is 38.5 Å². The van der Waals surface area contributed by atoms with Crippen molar-refractivity contribution in [1.29, 1.82) is 0 Å². The van der Waals surface area contributed by atoms with Crippen LogP contribution in [0.1, 0.15) is 52.4 Å². The van der Waals surface area contributed by atoms with Crippen LogP contribution in [0.5, 0.6) is 0 Å². The molecule has 0 aliphatic heterocycles. The summed E-state index contributed by atoms with van der Waals surface area (Å²) >= 11 is 0. The number of hydrogen-bond acceptors (Lipinski definition) is 1. The molecule has 0 aromatic rings. The van der Waals surface area contributed by atoms with Crippen molar-refractivity contribution in [3.63, 3.8) is 0 Å². The molecular formula is C12H24O. The van der Waals surface area contributed by atoms with Crippen molar-refractivity contribution < 1.29 is 4.74 Å². The third-order valence-electron chi connectivity index (χ3n) is 3.07. The Bertz CT molecular complexity index is 116. The first-order valence-corrected chi connectivity index (χ1v) is 5.90. The molecule has 0 aromatic carbocycles. The van der Waals surface area contributed by atoms with Crippen LogP contribution in [0, 0.1) is 11.8 Å². The summed E-state index contributed by atoms with van der Waals surface area (Å²) in [6.45, 7) is 6.24. The lowest BCUT2D eigenvalue weighted by Gasteiger charge is -2.24. The van der Waals surface area contributed by atoms with Crippen LogP contribution < -0.4 is 0 Å². The van der Waals surface area contributed by atoms with Crippen LogP contribution in [0.25, 0.3) is 0 Å². The zero-order valence-electron chi connectivity index (χ0n) is 9.22. The summed E-state index contributed by atoms with van der Waals surface area (Å²) in [7, 11) is 0. The summed E-state index contributed by atoms with van der Waals surface area (Å²) < 4.78 is 5.44. The summed E-state index contributed by atoms with van der Waals surface area (Å²) in [6, 6.07) is 0. The van der Waals surface area contributed by atoms with Gasteiger partial charge in [0, 0.05) is 13.2 Å². The fourth-order valence-corrected chi connectivity index (χ4v) is 2.38. The molecule has 0 bridgehead atoms. The van der Waals surface area contributed by atoms with E-state index in [0.717, 1.165) is 25.0 Å². The average Bonchev–Trinajstić information content (AvgIpc) is 2.16. The predicted octanol–water partition coefficient (Wildman–Crippen LogP) is 3.63.